The second-order valence-electron chi connectivity index (χ2n) is 3.36. The van der Waals surface area contributed by atoms with Crippen LogP contribution in [0.3, 0.4) is 0 Å². The standard InChI is InChI=1S/C11H10F3NS/c1-8(6-15)7-16-10-4-2-9(3-5-10)11(12,13)14/h2-5,8H,7H2,1H3. The third-order valence-corrected chi connectivity index (χ3v) is 3.17. The maximum Gasteiger partial charge on any atom is 0.416 e. The number of halogens is 3. The lowest BCUT2D eigenvalue weighted by molar-refractivity contribution is -0.137. The SMILES string of the molecule is CC(C#N)CSc1ccc(C(F)(F)F)cc1. The molecule has 16 heavy (non-hydrogen) atoms. The fourth-order valence-corrected chi connectivity index (χ4v) is 1.84. The maximum atomic E-state index is 12.2. The smallest absolute Gasteiger partial charge is 0.198 e. The fraction of sp³-hybridized carbons (Fsp3) is 0.364. The summed E-state index contributed by atoms with van der Waals surface area (Å²) in [4.78, 5) is 0.745. The summed E-state index contributed by atoms with van der Waals surface area (Å²) >= 11 is 1.38. The van der Waals surface area contributed by atoms with Gasteiger partial charge < -0.3 is 0 Å². The molecule has 1 aromatic carbocycles. The summed E-state index contributed by atoms with van der Waals surface area (Å²) in [7, 11) is 0. The summed E-state index contributed by atoms with van der Waals surface area (Å²) in [5.41, 5.74) is -0.648. The van der Waals surface area contributed by atoms with Crippen molar-refractivity contribution in [3.8, 4) is 6.07 Å². The first-order chi connectivity index (χ1) is 7.43. The Morgan fingerprint density at radius 2 is 1.88 bits per heavy atom. The van der Waals surface area contributed by atoms with Crippen LogP contribution in [0.15, 0.2) is 29.2 Å². The average molecular weight is 245 g/mol. The van der Waals surface area contributed by atoms with Crippen LogP contribution in [0.2, 0.25) is 0 Å². The average Bonchev–Trinajstić information content (AvgIpc) is 2.25. The van der Waals surface area contributed by atoms with Crippen LogP contribution in [-0.2, 0) is 6.18 Å². The van der Waals surface area contributed by atoms with E-state index >= 15 is 0 Å². The van der Waals surface area contributed by atoms with Gasteiger partial charge in [0.25, 0.3) is 0 Å². The Morgan fingerprint density at radius 1 is 1.31 bits per heavy atom. The third kappa shape index (κ3) is 3.78. The van der Waals surface area contributed by atoms with E-state index in [0.717, 1.165) is 17.0 Å². The molecule has 0 N–H and O–H groups in total. The van der Waals surface area contributed by atoms with Gasteiger partial charge in [-0.05, 0) is 31.2 Å². The van der Waals surface area contributed by atoms with Gasteiger partial charge in [0.15, 0.2) is 0 Å². The molecule has 0 aliphatic heterocycles. The van der Waals surface area contributed by atoms with Crippen molar-refractivity contribution in [3.63, 3.8) is 0 Å². The summed E-state index contributed by atoms with van der Waals surface area (Å²) in [5, 5.41) is 8.55. The van der Waals surface area contributed by atoms with Gasteiger partial charge in [-0.2, -0.15) is 18.4 Å². The molecule has 5 heteroatoms. The topological polar surface area (TPSA) is 23.8 Å². The lowest BCUT2D eigenvalue weighted by Crippen LogP contribution is -2.04. The number of alkyl halides is 3. The molecule has 0 bridgehead atoms. The molecule has 0 spiro atoms. The highest BCUT2D eigenvalue weighted by molar-refractivity contribution is 7.99. The van der Waals surface area contributed by atoms with Gasteiger partial charge in [0.05, 0.1) is 17.6 Å². The molecule has 1 atom stereocenters. The van der Waals surface area contributed by atoms with Crippen LogP contribution in [0.1, 0.15) is 12.5 Å². The van der Waals surface area contributed by atoms with Gasteiger partial charge in [0.2, 0.25) is 0 Å². The lowest BCUT2D eigenvalue weighted by atomic mass is 10.2. The van der Waals surface area contributed by atoms with Crippen LogP contribution in [0.5, 0.6) is 0 Å². The second-order valence-corrected chi connectivity index (χ2v) is 4.46. The molecule has 1 unspecified atom stereocenters. The number of benzene rings is 1. The van der Waals surface area contributed by atoms with Crippen molar-refractivity contribution in [1.29, 1.82) is 5.26 Å². The van der Waals surface area contributed by atoms with E-state index in [4.69, 9.17) is 5.26 Å². The Kier molecular flexibility index (Phi) is 4.25. The Labute approximate surface area is 96.3 Å². The van der Waals surface area contributed by atoms with Crippen LogP contribution in [0.25, 0.3) is 0 Å². The number of hydrogen-bond donors (Lipinski definition) is 0. The van der Waals surface area contributed by atoms with E-state index in [0.29, 0.717) is 5.75 Å². The van der Waals surface area contributed by atoms with Crippen LogP contribution < -0.4 is 0 Å². The molecule has 86 valence electrons. The monoisotopic (exact) mass is 245 g/mol. The van der Waals surface area contributed by atoms with Crippen molar-refractivity contribution in [2.24, 2.45) is 5.92 Å². The second kappa shape index (κ2) is 5.26. The minimum Gasteiger partial charge on any atom is -0.198 e. The highest BCUT2D eigenvalue weighted by Crippen LogP contribution is 2.30. The van der Waals surface area contributed by atoms with Crippen LogP contribution in [0, 0.1) is 17.2 Å². The highest BCUT2D eigenvalue weighted by atomic mass is 32.2. The number of hydrogen-bond acceptors (Lipinski definition) is 2. The largest absolute Gasteiger partial charge is 0.416 e. The first kappa shape index (κ1) is 12.9. The minimum absolute atomic E-state index is 0.104. The Bertz CT molecular complexity index is 378. The van der Waals surface area contributed by atoms with Gasteiger partial charge in [0, 0.05) is 10.6 Å². The van der Waals surface area contributed by atoms with E-state index in [1.165, 1.54) is 23.9 Å². The van der Waals surface area contributed by atoms with Gasteiger partial charge in [-0.1, -0.05) is 0 Å². The van der Waals surface area contributed by atoms with Crippen LogP contribution in [0.4, 0.5) is 13.2 Å². The molecule has 0 aromatic heterocycles. The summed E-state index contributed by atoms with van der Waals surface area (Å²) in [6.45, 7) is 1.77. The number of nitrogens with zero attached hydrogens (tertiary/aromatic N) is 1. The predicted octanol–water partition coefficient (Wildman–Crippen LogP) is 3.96. The molecule has 1 rings (SSSR count). The van der Waals surface area contributed by atoms with Crippen molar-refractivity contribution < 1.29 is 13.2 Å². The van der Waals surface area contributed by atoms with Crippen molar-refractivity contribution >= 4 is 11.8 Å². The van der Waals surface area contributed by atoms with E-state index in [1.54, 1.807) is 6.92 Å². The van der Waals surface area contributed by atoms with E-state index < -0.39 is 11.7 Å². The maximum absolute atomic E-state index is 12.2. The molecule has 0 aliphatic carbocycles. The lowest BCUT2D eigenvalue weighted by Gasteiger charge is -2.07. The molecule has 1 nitrogen and oxygen atoms in total. The normalized spacial score (nSPS) is 13.2. The molecule has 0 fully saturated rings. The van der Waals surface area contributed by atoms with Crippen LogP contribution in [-0.4, -0.2) is 5.75 Å². The zero-order chi connectivity index (χ0) is 12.2. The zero-order valence-electron chi connectivity index (χ0n) is 8.58. The highest BCUT2D eigenvalue weighted by Gasteiger charge is 2.29. The van der Waals surface area contributed by atoms with E-state index in [9.17, 15) is 13.2 Å². The molecule has 0 amide bonds. The number of rotatable bonds is 3. The van der Waals surface area contributed by atoms with Gasteiger partial charge in [0.1, 0.15) is 0 Å². The number of nitriles is 1. The zero-order valence-corrected chi connectivity index (χ0v) is 9.40. The molecule has 0 saturated heterocycles. The predicted molar refractivity (Wildman–Crippen MR) is 56.9 cm³/mol. The van der Waals surface area contributed by atoms with Crippen molar-refractivity contribution in [2.75, 3.05) is 5.75 Å². The molecule has 0 saturated carbocycles. The minimum atomic E-state index is -4.29. The van der Waals surface area contributed by atoms with Crippen LogP contribution >= 0.6 is 11.8 Å². The van der Waals surface area contributed by atoms with Gasteiger partial charge in [-0.3, -0.25) is 0 Å². The van der Waals surface area contributed by atoms with Crippen molar-refractivity contribution in [2.45, 2.75) is 18.0 Å². The van der Waals surface area contributed by atoms with E-state index in [2.05, 4.69) is 6.07 Å². The Hall–Kier alpha value is -1.15. The summed E-state index contributed by atoms with van der Waals surface area (Å²) in [6.07, 6.45) is -4.29. The van der Waals surface area contributed by atoms with E-state index in [-0.39, 0.29) is 5.92 Å². The molecular formula is C11H10F3NS. The number of thioether (sulfide) groups is 1. The summed E-state index contributed by atoms with van der Waals surface area (Å²) in [6, 6.07) is 7.04. The Balaban J connectivity index is 2.63. The molecule has 0 aliphatic rings. The summed E-state index contributed by atoms with van der Waals surface area (Å²) < 4.78 is 36.7. The molecule has 1 aromatic rings. The Morgan fingerprint density at radius 3 is 2.31 bits per heavy atom. The fourth-order valence-electron chi connectivity index (χ4n) is 0.999. The van der Waals surface area contributed by atoms with E-state index in [1.807, 2.05) is 0 Å². The molecule has 0 radical (unpaired) electrons. The first-order valence-corrected chi connectivity index (χ1v) is 5.61. The summed E-state index contributed by atoms with van der Waals surface area (Å²) in [5.74, 6) is 0.481. The molecule has 0 heterocycles. The quantitative estimate of drug-likeness (QED) is 0.753. The third-order valence-electron chi connectivity index (χ3n) is 1.90. The van der Waals surface area contributed by atoms with Crippen molar-refractivity contribution in [1.82, 2.24) is 0 Å². The van der Waals surface area contributed by atoms with Crippen molar-refractivity contribution in [3.05, 3.63) is 29.8 Å². The van der Waals surface area contributed by atoms with Gasteiger partial charge in [-0.25, -0.2) is 0 Å². The van der Waals surface area contributed by atoms with Gasteiger partial charge >= 0.3 is 6.18 Å². The first-order valence-electron chi connectivity index (χ1n) is 4.63. The molecular weight excluding hydrogens is 235 g/mol. The van der Waals surface area contributed by atoms with Gasteiger partial charge in [-0.15, -0.1) is 11.8 Å².